The largest absolute Gasteiger partial charge is 0.376 e. The van der Waals surface area contributed by atoms with Crippen molar-refractivity contribution in [2.45, 2.75) is 75.3 Å². The highest BCUT2D eigenvalue weighted by molar-refractivity contribution is 7.90. The maximum Gasteiger partial charge on any atom is 0.293 e. The molecule has 3 N–H and O–H groups in total. The highest BCUT2D eigenvalue weighted by atomic mass is 35.5. The average Bonchev–Trinajstić information content (AvgIpc) is 3.93. The summed E-state index contributed by atoms with van der Waals surface area (Å²) in [6.07, 6.45) is 4.25. The molecule has 1 aliphatic heterocycles. The number of nitro benzene ring substituents is 1. The molecule has 4 heterocycles. The number of halogens is 4. The van der Waals surface area contributed by atoms with Gasteiger partial charge in [0.05, 0.1) is 32.8 Å². The summed E-state index contributed by atoms with van der Waals surface area (Å²) in [5.41, 5.74) is 4.06. The Morgan fingerprint density at radius 1 is 0.939 bits per heavy atom. The van der Waals surface area contributed by atoms with Crippen molar-refractivity contribution >= 4 is 72.2 Å². The van der Waals surface area contributed by atoms with E-state index in [4.69, 9.17) is 11.6 Å². The molecule has 3 aliphatic rings. The number of fused-ring (bicyclic) bond motifs is 2. The second-order valence-corrected chi connectivity index (χ2v) is 20.6. The third kappa shape index (κ3) is 9.49. The highest BCUT2D eigenvalue weighted by Crippen LogP contribution is 2.44. The third-order valence-corrected chi connectivity index (χ3v) is 14.8. The number of rotatable bonds is 12. The van der Waals surface area contributed by atoms with Crippen LogP contribution in [0.1, 0.15) is 74.7 Å². The van der Waals surface area contributed by atoms with Gasteiger partial charge in [0.2, 0.25) is 5.92 Å². The molecule has 0 unspecified atom stereocenters. The van der Waals surface area contributed by atoms with Gasteiger partial charge in [-0.05, 0) is 103 Å². The number of nitrogens with one attached hydrogen (secondary N) is 3. The fourth-order valence-electron chi connectivity index (χ4n) is 9.31. The van der Waals surface area contributed by atoms with Crippen molar-refractivity contribution in [1.82, 2.24) is 29.4 Å². The van der Waals surface area contributed by atoms with Crippen molar-refractivity contribution in [3.63, 3.8) is 0 Å². The van der Waals surface area contributed by atoms with Crippen molar-refractivity contribution in [2.24, 2.45) is 5.41 Å². The van der Waals surface area contributed by atoms with Crippen molar-refractivity contribution in [2.75, 3.05) is 49.5 Å². The van der Waals surface area contributed by atoms with Crippen LogP contribution in [-0.2, 0) is 10.0 Å². The van der Waals surface area contributed by atoms with Gasteiger partial charge in [-0.15, -0.1) is 0 Å². The lowest BCUT2D eigenvalue weighted by Crippen LogP contribution is -2.47. The number of alkyl halides is 3. The summed E-state index contributed by atoms with van der Waals surface area (Å²) in [6.45, 7) is 7.93. The smallest absolute Gasteiger partial charge is 0.293 e. The fraction of sp³-hybridized carbons (Fsp3) is 0.383. The molecule has 0 bridgehead atoms. The zero-order chi connectivity index (χ0) is 46.6. The van der Waals surface area contributed by atoms with E-state index >= 15 is 4.39 Å². The molecule has 1 saturated heterocycles. The first-order valence-electron chi connectivity index (χ1n) is 21.9. The molecule has 346 valence electrons. The molecule has 19 heteroatoms. The number of piperazine rings is 1. The predicted molar refractivity (Wildman–Crippen MR) is 249 cm³/mol. The number of carbonyl (C=O) groups excluding carboxylic acids is 1. The van der Waals surface area contributed by atoms with E-state index in [1.165, 1.54) is 22.8 Å². The van der Waals surface area contributed by atoms with E-state index in [1.807, 2.05) is 24.3 Å². The number of H-pyrrole nitrogens is 1. The first-order chi connectivity index (χ1) is 31.3. The van der Waals surface area contributed by atoms with E-state index in [0.29, 0.717) is 34.8 Å². The summed E-state index contributed by atoms with van der Waals surface area (Å²) in [7, 11) is -4.73. The minimum atomic E-state index is -4.73. The van der Waals surface area contributed by atoms with Crippen molar-refractivity contribution in [3.8, 4) is 5.69 Å². The number of anilines is 2. The number of aromatic nitrogens is 4. The lowest BCUT2D eigenvalue weighted by molar-refractivity contribution is -0.384. The Labute approximate surface area is 384 Å². The van der Waals surface area contributed by atoms with Crippen molar-refractivity contribution in [3.05, 3.63) is 117 Å². The monoisotopic (exact) mass is 943 g/mol. The van der Waals surface area contributed by atoms with Gasteiger partial charge >= 0.3 is 0 Å². The standard InChI is InChI=1S/C47H49ClF3N9O5S/c1-45(2)13-11-32(37(26-45)30-3-5-33(48)6-4-30)28-57-19-21-58(22-20-57)34-7-9-36(40(24-34)59-41-23-31-12-18-52-43(31)55-39(41)27-54-59)44(61)56-66(64,65)35-8-10-38(42(25-35)60(62)63)53-29-46(49)14-16-47(50,51)17-15-46/h3-10,12,18,23-25,27,53H,11,13-17,19-22,26,28-29H2,1-2H3,(H,52,55)(H,56,61). The number of hydrogen-bond donors (Lipinski definition) is 3. The summed E-state index contributed by atoms with van der Waals surface area (Å²) in [5.74, 6) is -3.99. The second-order valence-electron chi connectivity index (χ2n) is 18.5. The Kier molecular flexibility index (Phi) is 11.9. The molecule has 1 saturated carbocycles. The first kappa shape index (κ1) is 45.2. The van der Waals surface area contributed by atoms with E-state index in [0.717, 1.165) is 68.2 Å². The minimum Gasteiger partial charge on any atom is -0.376 e. The van der Waals surface area contributed by atoms with Crippen molar-refractivity contribution < 1.29 is 31.3 Å². The maximum absolute atomic E-state index is 15.4. The molecule has 1 amide bonds. The number of benzene rings is 3. The van der Waals surface area contributed by atoms with Gasteiger partial charge in [-0.25, -0.2) is 36.0 Å². The molecule has 2 fully saturated rings. The number of pyridine rings is 1. The third-order valence-electron chi connectivity index (χ3n) is 13.2. The number of amides is 1. The van der Waals surface area contributed by atoms with Gasteiger partial charge in [0.25, 0.3) is 21.6 Å². The summed E-state index contributed by atoms with van der Waals surface area (Å²) in [6, 6.07) is 19.8. The molecule has 0 radical (unpaired) electrons. The molecule has 3 aromatic heterocycles. The zero-order valence-electron chi connectivity index (χ0n) is 36.4. The van der Waals surface area contributed by atoms with E-state index < -0.39 is 75.3 Å². The number of hydrogen-bond acceptors (Lipinski definition) is 10. The summed E-state index contributed by atoms with van der Waals surface area (Å²) >= 11 is 6.24. The Hall–Kier alpha value is -5.98. The van der Waals surface area contributed by atoms with Gasteiger partial charge in [-0.2, -0.15) is 5.10 Å². The average molecular weight is 944 g/mol. The number of carbonyl (C=O) groups is 1. The number of nitrogens with zero attached hydrogens (tertiary/aromatic N) is 6. The Morgan fingerprint density at radius 3 is 2.41 bits per heavy atom. The first-order valence-corrected chi connectivity index (χ1v) is 23.8. The predicted octanol–water partition coefficient (Wildman–Crippen LogP) is 9.70. The Morgan fingerprint density at radius 2 is 1.68 bits per heavy atom. The summed E-state index contributed by atoms with van der Waals surface area (Å²) in [4.78, 5) is 37.3. The number of allylic oxidation sites excluding steroid dienone is 1. The number of aromatic amines is 1. The van der Waals surface area contributed by atoms with Crippen LogP contribution in [0.5, 0.6) is 0 Å². The van der Waals surface area contributed by atoms with Crippen LogP contribution in [0, 0.1) is 15.5 Å². The van der Waals surface area contributed by atoms with Crippen LogP contribution in [0.25, 0.3) is 33.3 Å². The van der Waals surface area contributed by atoms with Gasteiger partial charge < -0.3 is 15.2 Å². The van der Waals surface area contributed by atoms with Crippen LogP contribution in [0.4, 0.5) is 30.2 Å². The van der Waals surface area contributed by atoms with Gasteiger partial charge in [-0.3, -0.25) is 19.8 Å². The highest BCUT2D eigenvalue weighted by Gasteiger charge is 2.44. The van der Waals surface area contributed by atoms with Crippen LogP contribution >= 0.6 is 11.6 Å². The SMILES string of the molecule is CC1(C)CCC(CN2CCN(c3ccc(C(=O)NS(=O)(=O)c4ccc(NCC5(F)CCC(F)(F)CC5)c([N+](=O)[O-])c4)c(-n4ncc5nc6[nH]ccc6cc54)c3)CC2)=C(c2ccc(Cl)cc2)C1. The molecular formula is C47H49ClF3N9O5S. The van der Waals surface area contributed by atoms with E-state index in [-0.39, 0.29) is 22.4 Å². The van der Waals surface area contributed by atoms with E-state index in [2.05, 4.69) is 60.9 Å². The molecule has 66 heavy (non-hydrogen) atoms. The minimum absolute atomic E-state index is 0.0406. The molecule has 0 spiro atoms. The van der Waals surface area contributed by atoms with Gasteiger partial charge in [-0.1, -0.05) is 43.2 Å². The Bertz CT molecular complexity index is 2990. The molecule has 0 atom stereocenters. The zero-order valence-corrected chi connectivity index (χ0v) is 38.0. The lowest BCUT2D eigenvalue weighted by Gasteiger charge is -2.39. The van der Waals surface area contributed by atoms with Gasteiger partial charge in [0, 0.05) is 80.5 Å². The van der Waals surface area contributed by atoms with Crippen molar-refractivity contribution in [1.29, 1.82) is 0 Å². The van der Waals surface area contributed by atoms with Crippen LogP contribution in [0.3, 0.4) is 0 Å². The number of sulfonamides is 1. The van der Waals surface area contributed by atoms with E-state index in [9.17, 15) is 32.1 Å². The fourth-order valence-corrected chi connectivity index (χ4v) is 10.4. The van der Waals surface area contributed by atoms with Crippen LogP contribution in [0.15, 0.2) is 95.7 Å². The molecule has 6 aromatic rings. The van der Waals surface area contributed by atoms with Crippen LogP contribution in [-0.4, -0.2) is 94.8 Å². The normalized spacial score (nSPS) is 18.7. The van der Waals surface area contributed by atoms with E-state index in [1.54, 1.807) is 29.2 Å². The summed E-state index contributed by atoms with van der Waals surface area (Å²) in [5, 5.41) is 20.9. The second kappa shape index (κ2) is 17.3. The number of nitro groups is 1. The molecule has 3 aromatic carbocycles. The quantitative estimate of drug-likeness (QED) is 0.0793. The molecule has 2 aliphatic carbocycles. The maximum atomic E-state index is 15.4. The van der Waals surface area contributed by atoms with Gasteiger partial charge in [0.15, 0.2) is 0 Å². The molecule has 14 nitrogen and oxygen atoms in total. The van der Waals surface area contributed by atoms with Gasteiger partial charge in [0.1, 0.15) is 22.5 Å². The molecule has 9 rings (SSSR count). The Balaban J connectivity index is 0.968. The van der Waals surface area contributed by atoms with Crippen LogP contribution in [0.2, 0.25) is 5.02 Å². The lowest BCUT2D eigenvalue weighted by atomic mass is 9.72. The molecular weight excluding hydrogens is 895 g/mol. The summed E-state index contributed by atoms with van der Waals surface area (Å²) < 4.78 is 74.0. The topological polar surface area (TPSA) is 171 Å². The van der Waals surface area contributed by atoms with Crippen LogP contribution < -0.4 is 14.9 Å².